The molecule has 4 rings (SSSR count). The number of benzene rings is 2. The van der Waals surface area contributed by atoms with Crippen molar-refractivity contribution in [3.05, 3.63) is 47.8 Å². The second-order valence-electron chi connectivity index (χ2n) is 8.66. The summed E-state index contributed by atoms with van der Waals surface area (Å²) >= 11 is 1.47. The molecule has 0 bridgehead atoms. The molecular formula is C26H31FN4O3S. The van der Waals surface area contributed by atoms with Crippen molar-refractivity contribution in [2.24, 2.45) is 5.92 Å². The summed E-state index contributed by atoms with van der Waals surface area (Å²) < 4.78 is 19.9. The van der Waals surface area contributed by atoms with Gasteiger partial charge in [0.25, 0.3) is 0 Å². The van der Waals surface area contributed by atoms with Gasteiger partial charge in [-0.25, -0.2) is 9.37 Å². The van der Waals surface area contributed by atoms with Crippen LogP contribution in [-0.4, -0.2) is 61.5 Å². The number of aryl methyl sites for hydroxylation is 1. The molecule has 2 heterocycles. The molecule has 1 unspecified atom stereocenters. The lowest BCUT2D eigenvalue weighted by atomic mass is 10.1. The molecule has 186 valence electrons. The first-order valence-corrected chi connectivity index (χ1v) is 12.7. The number of hydrogen-bond acceptors (Lipinski definition) is 6. The fourth-order valence-electron chi connectivity index (χ4n) is 4.42. The number of likely N-dealkylation sites (N-methyl/N-ethyl adjacent to an activating group) is 1. The third kappa shape index (κ3) is 5.16. The molecule has 35 heavy (non-hydrogen) atoms. The van der Waals surface area contributed by atoms with Crippen LogP contribution in [0.4, 0.5) is 15.2 Å². The van der Waals surface area contributed by atoms with Gasteiger partial charge in [-0.05, 0) is 55.9 Å². The summed E-state index contributed by atoms with van der Waals surface area (Å²) in [5.41, 5.74) is 2.41. The Morgan fingerprint density at radius 1 is 1.17 bits per heavy atom. The van der Waals surface area contributed by atoms with Crippen molar-refractivity contribution in [3.63, 3.8) is 0 Å². The highest BCUT2D eigenvalue weighted by Crippen LogP contribution is 2.37. The second-order valence-corrected chi connectivity index (χ2v) is 9.63. The molecule has 1 aliphatic heterocycles. The molecule has 1 saturated heterocycles. The van der Waals surface area contributed by atoms with Crippen LogP contribution < -0.4 is 14.5 Å². The van der Waals surface area contributed by atoms with E-state index in [-0.39, 0.29) is 30.6 Å². The molecule has 9 heteroatoms. The van der Waals surface area contributed by atoms with Gasteiger partial charge in [0.05, 0.1) is 17.7 Å². The number of rotatable bonds is 9. The van der Waals surface area contributed by atoms with Crippen LogP contribution in [0.3, 0.4) is 0 Å². The topological polar surface area (TPSA) is 66.0 Å². The van der Waals surface area contributed by atoms with E-state index in [4.69, 9.17) is 9.72 Å². The molecule has 0 spiro atoms. The zero-order valence-electron chi connectivity index (χ0n) is 20.6. The van der Waals surface area contributed by atoms with E-state index < -0.39 is 5.92 Å². The Labute approximate surface area is 209 Å². The number of carbonyl (C=O) groups excluding carboxylic acids is 2. The summed E-state index contributed by atoms with van der Waals surface area (Å²) in [6.07, 6.45) is 0.116. The van der Waals surface area contributed by atoms with Crippen LogP contribution in [0, 0.1) is 18.7 Å². The zero-order chi connectivity index (χ0) is 25.1. The second kappa shape index (κ2) is 10.7. The highest BCUT2D eigenvalue weighted by atomic mass is 32.1. The maximum atomic E-state index is 13.8. The number of methoxy groups -OCH3 is 1. The largest absolute Gasteiger partial charge is 0.494 e. The van der Waals surface area contributed by atoms with E-state index in [1.807, 2.05) is 19.1 Å². The summed E-state index contributed by atoms with van der Waals surface area (Å²) in [7, 11) is 1.61. The van der Waals surface area contributed by atoms with E-state index in [1.165, 1.54) is 23.5 Å². The molecule has 0 saturated carbocycles. The van der Waals surface area contributed by atoms with Crippen molar-refractivity contribution < 1.29 is 18.7 Å². The molecule has 1 atom stereocenters. The third-order valence-corrected chi connectivity index (χ3v) is 7.77. The number of fused-ring (bicyclic) bond motifs is 1. The Hall–Kier alpha value is -3.04. The van der Waals surface area contributed by atoms with Crippen LogP contribution in [0.15, 0.2) is 36.4 Å². The summed E-state index contributed by atoms with van der Waals surface area (Å²) in [5, 5.41) is 0.609. The molecule has 1 aliphatic rings. The Balaban J connectivity index is 1.64. The number of ether oxygens (including phenoxy) is 1. The first kappa shape index (κ1) is 25.1. The van der Waals surface area contributed by atoms with Gasteiger partial charge in [0, 0.05) is 31.7 Å². The van der Waals surface area contributed by atoms with E-state index in [1.54, 1.807) is 29.0 Å². The van der Waals surface area contributed by atoms with E-state index in [9.17, 15) is 14.0 Å². The zero-order valence-corrected chi connectivity index (χ0v) is 21.4. The van der Waals surface area contributed by atoms with E-state index >= 15 is 0 Å². The molecule has 2 aromatic carbocycles. The van der Waals surface area contributed by atoms with Gasteiger partial charge in [-0.15, -0.1) is 0 Å². The molecule has 0 radical (unpaired) electrons. The van der Waals surface area contributed by atoms with Crippen LogP contribution in [0.2, 0.25) is 0 Å². The van der Waals surface area contributed by atoms with Gasteiger partial charge in [-0.2, -0.15) is 0 Å². The fourth-order valence-corrected chi connectivity index (χ4v) is 5.51. The smallest absolute Gasteiger partial charge is 0.234 e. The number of hydrogen-bond donors (Lipinski definition) is 0. The lowest BCUT2D eigenvalue weighted by Gasteiger charge is -2.26. The minimum absolute atomic E-state index is 0.116. The Kier molecular flexibility index (Phi) is 7.66. The predicted molar refractivity (Wildman–Crippen MR) is 138 cm³/mol. The molecule has 0 aliphatic carbocycles. The normalized spacial score (nSPS) is 15.9. The van der Waals surface area contributed by atoms with E-state index in [2.05, 4.69) is 18.7 Å². The standard InChI is InChI=1S/C26H31FN4O3S/c1-5-29(6-2)13-14-30(26-28-23-21(34-4)12-7-17(3)24(23)35-26)25(33)18-15-22(32)31(16-18)20-10-8-19(27)9-11-20/h7-12,18H,5-6,13-16H2,1-4H3. The summed E-state index contributed by atoms with van der Waals surface area (Å²) in [5.74, 6) is -0.453. The van der Waals surface area contributed by atoms with Crippen molar-refractivity contribution in [3.8, 4) is 5.75 Å². The van der Waals surface area contributed by atoms with Gasteiger partial charge < -0.3 is 14.5 Å². The van der Waals surface area contributed by atoms with E-state index in [0.717, 1.165) is 28.9 Å². The average molecular weight is 499 g/mol. The number of thiazole rings is 1. The van der Waals surface area contributed by atoms with Crippen molar-refractivity contribution >= 4 is 44.2 Å². The molecule has 7 nitrogen and oxygen atoms in total. The van der Waals surface area contributed by atoms with Crippen LogP contribution in [0.1, 0.15) is 25.8 Å². The third-order valence-electron chi connectivity index (χ3n) is 6.56. The Morgan fingerprint density at radius 2 is 1.89 bits per heavy atom. The number of halogens is 1. The summed E-state index contributed by atoms with van der Waals surface area (Å²) in [4.78, 5) is 37.0. The van der Waals surface area contributed by atoms with Crippen LogP contribution >= 0.6 is 11.3 Å². The highest BCUT2D eigenvalue weighted by Gasteiger charge is 2.38. The molecule has 1 aromatic heterocycles. The number of carbonyl (C=O) groups is 2. The number of anilines is 2. The molecule has 2 amide bonds. The van der Waals surface area contributed by atoms with Crippen molar-refractivity contribution in [2.75, 3.05) is 49.6 Å². The lowest BCUT2D eigenvalue weighted by molar-refractivity contribution is -0.124. The van der Waals surface area contributed by atoms with Crippen LogP contribution in [0.25, 0.3) is 10.2 Å². The van der Waals surface area contributed by atoms with Crippen LogP contribution in [-0.2, 0) is 9.59 Å². The summed E-state index contributed by atoms with van der Waals surface area (Å²) in [6.45, 7) is 9.41. The quantitative estimate of drug-likeness (QED) is 0.435. The first-order chi connectivity index (χ1) is 16.9. The van der Waals surface area contributed by atoms with Gasteiger partial charge in [0.15, 0.2) is 5.13 Å². The average Bonchev–Trinajstić information content (AvgIpc) is 3.47. The highest BCUT2D eigenvalue weighted by molar-refractivity contribution is 7.22. The summed E-state index contributed by atoms with van der Waals surface area (Å²) in [6, 6.07) is 9.67. The van der Waals surface area contributed by atoms with Gasteiger partial charge in [-0.3, -0.25) is 14.5 Å². The Morgan fingerprint density at radius 3 is 2.54 bits per heavy atom. The SMILES string of the molecule is CCN(CC)CCN(C(=O)C1CC(=O)N(c2ccc(F)cc2)C1)c1nc2c(OC)ccc(C)c2s1. The molecule has 0 N–H and O–H groups in total. The van der Waals surface area contributed by atoms with Crippen LogP contribution in [0.5, 0.6) is 5.75 Å². The maximum Gasteiger partial charge on any atom is 0.234 e. The van der Waals surface area contributed by atoms with Gasteiger partial charge in [0.1, 0.15) is 17.1 Å². The van der Waals surface area contributed by atoms with Crippen molar-refractivity contribution in [1.82, 2.24) is 9.88 Å². The number of aromatic nitrogens is 1. The van der Waals surface area contributed by atoms with E-state index in [0.29, 0.717) is 29.7 Å². The fraction of sp³-hybridized carbons (Fsp3) is 0.423. The van der Waals surface area contributed by atoms with Gasteiger partial charge in [0.2, 0.25) is 11.8 Å². The lowest BCUT2D eigenvalue weighted by Crippen LogP contribution is -2.42. The van der Waals surface area contributed by atoms with Gasteiger partial charge in [-0.1, -0.05) is 31.3 Å². The number of amides is 2. The number of nitrogens with zero attached hydrogens (tertiary/aromatic N) is 4. The van der Waals surface area contributed by atoms with Crippen molar-refractivity contribution in [2.45, 2.75) is 27.2 Å². The first-order valence-electron chi connectivity index (χ1n) is 11.9. The minimum atomic E-state index is -0.501. The Bertz CT molecular complexity index is 1210. The van der Waals surface area contributed by atoms with Gasteiger partial charge >= 0.3 is 0 Å². The van der Waals surface area contributed by atoms with Crippen molar-refractivity contribution in [1.29, 1.82) is 0 Å². The monoisotopic (exact) mass is 498 g/mol. The predicted octanol–water partition coefficient (Wildman–Crippen LogP) is 4.48. The molecule has 3 aromatic rings. The molecular weight excluding hydrogens is 467 g/mol. The minimum Gasteiger partial charge on any atom is -0.494 e. The molecule has 1 fully saturated rings. The maximum absolute atomic E-state index is 13.8.